The lowest BCUT2D eigenvalue weighted by atomic mass is 9.91. The fourth-order valence-corrected chi connectivity index (χ4v) is 1.05. The van der Waals surface area contributed by atoms with Crippen molar-refractivity contribution in [2.24, 2.45) is 5.92 Å². The van der Waals surface area contributed by atoms with Crippen LogP contribution in [-0.2, 0) is 4.79 Å². The zero-order valence-corrected chi connectivity index (χ0v) is 5.98. The van der Waals surface area contributed by atoms with Crippen LogP contribution in [0.4, 0.5) is 0 Å². The van der Waals surface area contributed by atoms with Crippen molar-refractivity contribution in [2.45, 2.75) is 26.7 Å². The Kier molecular flexibility index (Phi) is 1.70. The zero-order valence-electron chi connectivity index (χ0n) is 5.98. The molecular formula is C8H12O. The quantitative estimate of drug-likeness (QED) is 0.482. The van der Waals surface area contributed by atoms with Crippen molar-refractivity contribution in [3.63, 3.8) is 0 Å². The molecule has 0 saturated carbocycles. The minimum Gasteiger partial charge on any atom is -0.295 e. The van der Waals surface area contributed by atoms with E-state index >= 15 is 0 Å². The van der Waals surface area contributed by atoms with Crippen molar-refractivity contribution in [1.29, 1.82) is 0 Å². The highest BCUT2D eigenvalue weighted by Crippen LogP contribution is 2.18. The normalized spacial score (nSPS) is 28.0. The van der Waals surface area contributed by atoms with Crippen molar-refractivity contribution in [3.8, 4) is 0 Å². The molecule has 0 N–H and O–H groups in total. The van der Waals surface area contributed by atoms with Crippen LogP contribution in [0.2, 0.25) is 0 Å². The van der Waals surface area contributed by atoms with E-state index in [1.807, 2.05) is 13.0 Å². The molecule has 0 aromatic heterocycles. The second-order valence-corrected chi connectivity index (χ2v) is 2.86. The van der Waals surface area contributed by atoms with Crippen LogP contribution < -0.4 is 0 Å². The molecule has 50 valence electrons. The van der Waals surface area contributed by atoms with Crippen LogP contribution in [0, 0.1) is 5.92 Å². The first-order valence-corrected chi connectivity index (χ1v) is 3.40. The van der Waals surface area contributed by atoms with Gasteiger partial charge in [0.05, 0.1) is 0 Å². The molecule has 1 aliphatic carbocycles. The summed E-state index contributed by atoms with van der Waals surface area (Å²) in [6.07, 6.45) is 3.87. The number of rotatable bonds is 0. The van der Waals surface area contributed by atoms with Crippen molar-refractivity contribution in [1.82, 2.24) is 0 Å². The number of allylic oxidation sites excluding steroid dienone is 2. The maximum Gasteiger partial charge on any atom is 0.158 e. The molecule has 0 bridgehead atoms. The van der Waals surface area contributed by atoms with Gasteiger partial charge in [0.2, 0.25) is 0 Å². The van der Waals surface area contributed by atoms with E-state index in [9.17, 15) is 4.79 Å². The van der Waals surface area contributed by atoms with Gasteiger partial charge in [0, 0.05) is 6.42 Å². The van der Waals surface area contributed by atoms with E-state index in [4.69, 9.17) is 0 Å². The predicted molar refractivity (Wildman–Crippen MR) is 37.2 cm³/mol. The van der Waals surface area contributed by atoms with Gasteiger partial charge >= 0.3 is 0 Å². The van der Waals surface area contributed by atoms with Gasteiger partial charge in [-0.05, 0) is 24.8 Å². The van der Waals surface area contributed by atoms with Gasteiger partial charge < -0.3 is 0 Å². The van der Waals surface area contributed by atoms with Gasteiger partial charge in [0.15, 0.2) is 5.78 Å². The number of carbonyl (C=O) groups excluding carboxylic acids is 1. The van der Waals surface area contributed by atoms with E-state index in [0.29, 0.717) is 11.7 Å². The van der Waals surface area contributed by atoms with Crippen LogP contribution in [0.25, 0.3) is 0 Å². The van der Waals surface area contributed by atoms with Crippen molar-refractivity contribution in [2.75, 3.05) is 0 Å². The van der Waals surface area contributed by atoms with E-state index in [2.05, 4.69) is 6.92 Å². The largest absolute Gasteiger partial charge is 0.295 e. The Labute approximate surface area is 55.8 Å². The average Bonchev–Trinajstić information content (AvgIpc) is 1.80. The highest BCUT2D eigenvalue weighted by molar-refractivity contribution is 5.95. The molecule has 0 spiro atoms. The Hall–Kier alpha value is -0.590. The summed E-state index contributed by atoms with van der Waals surface area (Å²) in [6.45, 7) is 4.01. The summed E-state index contributed by atoms with van der Waals surface area (Å²) in [5, 5.41) is 0. The third kappa shape index (κ3) is 1.41. The maximum atomic E-state index is 10.9. The molecule has 0 aromatic carbocycles. The Morgan fingerprint density at radius 1 is 1.67 bits per heavy atom. The van der Waals surface area contributed by atoms with Crippen molar-refractivity contribution < 1.29 is 4.79 Å². The lowest BCUT2D eigenvalue weighted by molar-refractivity contribution is -0.116. The van der Waals surface area contributed by atoms with Gasteiger partial charge in [-0.1, -0.05) is 13.0 Å². The van der Waals surface area contributed by atoms with Gasteiger partial charge in [0.1, 0.15) is 0 Å². The van der Waals surface area contributed by atoms with Gasteiger partial charge in [-0.15, -0.1) is 0 Å². The summed E-state index contributed by atoms with van der Waals surface area (Å²) in [5.41, 5.74) is 0.952. The molecule has 1 heteroatoms. The topological polar surface area (TPSA) is 17.1 Å². The first-order valence-electron chi connectivity index (χ1n) is 3.40. The Morgan fingerprint density at radius 2 is 2.33 bits per heavy atom. The monoisotopic (exact) mass is 124 g/mol. The smallest absolute Gasteiger partial charge is 0.158 e. The van der Waals surface area contributed by atoms with E-state index in [1.165, 1.54) is 0 Å². The molecular weight excluding hydrogens is 112 g/mol. The maximum absolute atomic E-state index is 10.9. The molecule has 0 aliphatic heterocycles. The molecule has 0 aromatic rings. The van der Waals surface area contributed by atoms with Crippen molar-refractivity contribution in [3.05, 3.63) is 11.6 Å². The fraction of sp³-hybridized carbons (Fsp3) is 0.625. The van der Waals surface area contributed by atoms with Gasteiger partial charge in [-0.2, -0.15) is 0 Å². The van der Waals surface area contributed by atoms with E-state index in [-0.39, 0.29) is 0 Å². The fourth-order valence-electron chi connectivity index (χ4n) is 1.05. The number of carbonyl (C=O) groups is 1. The summed E-state index contributed by atoms with van der Waals surface area (Å²) in [7, 11) is 0. The van der Waals surface area contributed by atoms with E-state index in [1.54, 1.807) is 0 Å². The molecule has 9 heavy (non-hydrogen) atoms. The summed E-state index contributed by atoms with van der Waals surface area (Å²) in [5.74, 6) is 0.898. The van der Waals surface area contributed by atoms with Crippen LogP contribution in [0.3, 0.4) is 0 Å². The van der Waals surface area contributed by atoms with Gasteiger partial charge in [-0.3, -0.25) is 4.79 Å². The van der Waals surface area contributed by atoms with Gasteiger partial charge in [0.25, 0.3) is 0 Å². The molecule has 0 fully saturated rings. The van der Waals surface area contributed by atoms with Crippen LogP contribution >= 0.6 is 0 Å². The number of hydrogen-bond donors (Lipinski definition) is 0. The molecule has 1 nitrogen and oxygen atoms in total. The number of hydrogen-bond acceptors (Lipinski definition) is 1. The molecule has 1 unspecified atom stereocenters. The molecule has 1 atom stereocenters. The Balaban J connectivity index is 2.68. The van der Waals surface area contributed by atoms with Crippen LogP contribution in [0.1, 0.15) is 26.7 Å². The van der Waals surface area contributed by atoms with Crippen LogP contribution in [0.15, 0.2) is 11.6 Å². The molecule has 1 aliphatic rings. The Bertz CT molecular complexity index is 156. The first kappa shape index (κ1) is 6.53. The van der Waals surface area contributed by atoms with Crippen LogP contribution in [-0.4, -0.2) is 5.78 Å². The second kappa shape index (κ2) is 2.34. The minimum atomic E-state index is 0.328. The van der Waals surface area contributed by atoms with Gasteiger partial charge in [-0.25, -0.2) is 0 Å². The lowest BCUT2D eigenvalue weighted by Gasteiger charge is -2.13. The minimum absolute atomic E-state index is 0.328. The average molecular weight is 124 g/mol. The zero-order chi connectivity index (χ0) is 6.85. The Morgan fingerprint density at radius 3 is 2.78 bits per heavy atom. The molecule has 0 heterocycles. The third-order valence-electron chi connectivity index (χ3n) is 1.80. The summed E-state index contributed by atoms with van der Waals surface area (Å²) in [4.78, 5) is 10.9. The second-order valence-electron chi connectivity index (χ2n) is 2.86. The number of ketones is 1. The highest BCUT2D eigenvalue weighted by Gasteiger charge is 2.14. The predicted octanol–water partition coefficient (Wildman–Crippen LogP) is 1.93. The van der Waals surface area contributed by atoms with Crippen LogP contribution in [0.5, 0.6) is 0 Å². The molecule has 1 rings (SSSR count). The standard InChI is InChI=1S/C8H12O/c1-6-3-4-7(2)8(9)5-6/h4,6H,3,5H2,1-2H3. The third-order valence-corrected chi connectivity index (χ3v) is 1.80. The summed E-state index contributed by atoms with van der Waals surface area (Å²) >= 11 is 0. The van der Waals surface area contributed by atoms with Crippen molar-refractivity contribution >= 4 is 5.78 Å². The first-order chi connectivity index (χ1) is 4.20. The molecule has 0 amide bonds. The van der Waals surface area contributed by atoms with E-state index < -0.39 is 0 Å². The molecule has 0 saturated heterocycles. The highest BCUT2D eigenvalue weighted by atomic mass is 16.1. The SMILES string of the molecule is CC1=CCC(C)CC1=O. The lowest BCUT2D eigenvalue weighted by Crippen LogP contribution is -2.11. The molecule has 0 radical (unpaired) electrons. The number of Topliss-reactive ketones (excluding diaryl/α,β-unsaturated/α-hetero) is 1. The summed E-state index contributed by atoms with van der Waals surface area (Å²) in [6, 6.07) is 0. The van der Waals surface area contributed by atoms with E-state index in [0.717, 1.165) is 18.4 Å². The summed E-state index contributed by atoms with van der Waals surface area (Å²) < 4.78 is 0.